The molecule has 0 aliphatic heterocycles. The third-order valence-electron chi connectivity index (χ3n) is 4.21. The predicted molar refractivity (Wildman–Crippen MR) is 106 cm³/mol. The van der Waals surface area contributed by atoms with Gasteiger partial charge in [-0.25, -0.2) is 4.39 Å². The molecule has 0 spiro atoms. The second-order valence-corrected chi connectivity index (χ2v) is 8.85. The number of anilines is 1. The number of thioether (sulfide) groups is 1. The molecule has 1 amide bonds. The Morgan fingerprint density at radius 3 is 2.68 bits per heavy atom. The van der Waals surface area contributed by atoms with Gasteiger partial charge in [-0.3, -0.25) is 4.79 Å². The quantitative estimate of drug-likeness (QED) is 0.577. The van der Waals surface area contributed by atoms with Gasteiger partial charge in [0.15, 0.2) is 5.16 Å². The molecule has 2 heterocycles. The van der Waals surface area contributed by atoms with E-state index in [2.05, 4.69) is 44.1 Å². The Labute approximate surface area is 169 Å². The molecule has 1 aromatic carbocycles. The second-order valence-electron chi connectivity index (χ2n) is 6.85. The lowest BCUT2D eigenvalue weighted by Crippen LogP contribution is -2.11. The smallest absolute Gasteiger partial charge is 0.286 e. The summed E-state index contributed by atoms with van der Waals surface area (Å²) in [5, 5.41) is 21.4. The number of carbonyl (C=O) groups excluding carboxylic acids is 1. The first-order valence-corrected chi connectivity index (χ1v) is 10.8. The highest BCUT2D eigenvalue weighted by Crippen LogP contribution is 2.40. The van der Waals surface area contributed by atoms with Crippen LogP contribution in [0.5, 0.6) is 0 Å². The Bertz CT molecular complexity index is 980. The molecule has 7 nitrogen and oxygen atoms in total. The molecule has 3 aromatic rings. The topological polar surface area (TPSA) is 85.6 Å². The molecule has 1 N–H and O–H groups in total. The number of carbonyl (C=O) groups is 1. The monoisotopic (exact) mass is 418 g/mol. The number of halogens is 1. The van der Waals surface area contributed by atoms with Gasteiger partial charge < -0.3 is 9.88 Å². The van der Waals surface area contributed by atoms with Crippen LogP contribution in [0.25, 0.3) is 0 Å². The van der Waals surface area contributed by atoms with Gasteiger partial charge in [0.05, 0.1) is 5.75 Å². The van der Waals surface area contributed by atoms with Crippen LogP contribution in [0.3, 0.4) is 0 Å². The summed E-state index contributed by atoms with van der Waals surface area (Å²) in [6, 6.07) is 6.09. The standard InChI is InChI=1S/C18H19FN6OS2/c1-10(2)15-22-24-18(25(15)13-7-8-13)27-9-14-21-23-17(28-14)16(26)20-12-5-3-11(19)4-6-12/h3-6,10,13H,7-9H2,1-2H3,(H,20,26). The lowest BCUT2D eigenvalue weighted by Gasteiger charge is -2.10. The van der Waals surface area contributed by atoms with Gasteiger partial charge in [0.2, 0.25) is 5.01 Å². The minimum atomic E-state index is -0.358. The normalized spacial score (nSPS) is 13.9. The second kappa shape index (κ2) is 7.96. The number of hydrogen-bond donors (Lipinski definition) is 1. The zero-order chi connectivity index (χ0) is 19.7. The molecule has 4 rings (SSSR count). The Morgan fingerprint density at radius 2 is 2.00 bits per heavy atom. The van der Waals surface area contributed by atoms with Crippen molar-refractivity contribution < 1.29 is 9.18 Å². The van der Waals surface area contributed by atoms with Crippen LogP contribution in [-0.2, 0) is 5.75 Å². The Kier molecular flexibility index (Phi) is 5.40. The summed E-state index contributed by atoms with van der Waals surface area (Å²) in [5.74, 6) is 1.20. The first-order valence-electron chi connectivity index (χ1n) is 8.98. The van der Waals surface area contributed by atoms with Gasteiger partial charge in [-0.2, -0.15) is 0 Å². The molecule has 1 aliphatic rings. The van der Waals surface area contributed by atoms with E-state index in [1.54, 1.807) is 11.8 Å². The summed E-state index contributed by atoms with van der Waals surface area (Å²) in [6.07, 6.45) is 2.33. The number of amides is 1. The van der Waals surface area contributed by atoms with E-state index in [-0.39, 0.29) is 16.7 Å². The summed E-state index contributed by atoms with van der Waals surface area (Å²) in [4.78, 5) is 12.3. The van der Waals surface area contributed by atoms with E-state index in [0.29, 0.717) is 23.4 Å². The SMILES string of the molecule is CC(C)c1nnc(SCc2nnc(C(=O)Nc3ccc(F)cc3)s2)n1C1CC1. The van der Waals surface area contributed by atoms with Crippen molar-refractivity contribution in [3.63, 3.8) is 0 Å². The van der Waals surface area contributed by atoms with Gasteiger partial charge in [0, 0.05) is 17.6 Å². The van der Waals surface area contributed by atoms with E-state index in [1.807, 2.05) is 0 Å². The minimum absolute atomic E-state index is 0.270. The molecule has 10 heteroatoms. The molecule has 0 unspecified atom stereocenters. The van der Waals surface area contributed by atoms with E-state index >= 15 is 0 Å². The maximum absolute atomic E-state index is 13.0. The fourth-order valence-electron chi connectivity index (χ4n) is 2.70. The van der Waals surface area contributed by atoms with Gasteiger partial charge >= 0.3 is 0 Å². The largest absolute Gasteiger partial charge is 0.320 e. The summed E-state index contributed by atoms with van der Waals surface area (Å²) in [6.45, 7) is 4.24. The van der Waals surface area contributed by atoms with E-state index in [0.717, 1.165) is 28.8 Å². The highest BCUT2D eigenvalue weighted by Gasteiger charge is 2.30. The minimum Gasteiger partial charge on any atom is -0.320 e. The molecule has 28 heavy (non-hydrogen) atoms. The van der Waals surface area contributed by atoms with Crippen LogP contribution in [0.1, 0.15) is 59.3 Å². The molecule has 1 saturated carbocycles. The lowest BCUT2D eigenvalue weighted by atomic mass is 10.2. The third-order valence-corrected chi connectivity index (χ3v) is 6.27. The van der Waals surface area contributed by atoms with Gasteiger partial charge in [0.1, 0.15) is 16.6 Å². The number of hydrogen-bond acceptors (Lipinski definition) is 7. The molecule has 0 atom stereocenters. The number of aromatic nitrogens is 5. The molecule has 2 aromatic heterocycles. The van der Waals surface area contributed by atoms with Crippen molar-refractivity contribution in [2.75, 3.05) is 5.32 Å². The third kappa shape index (κ3) is 4.22. The molecule has 0 radical (unpaired) electrons. The van der Waals surface area contributed by atoms with Crippen LogP contribution in [0.4, 0.5) is 10.1 Å². The van der Waals surface area contributed by atoms with Crippen LogP contribution in [0, 0.1) is 5.82 Å². The summed E-state index contributed by atoms with van der Waals surface area (Å²) < 4.78 is 15.2. The molecule has 0 bridgehead atoms. The first-order chi connectivity index (χ1) is 13.5. The number of benzene rings is 1. The van der Waals surface area contributed by atoms with Crippen molar-refractivity contribution in [1.29, 1.82) is 0 Å². The highest BCUT2D eigenvalue weighted by atomic mass is 32.2. The lowest BCUT2D eigenvalue weighted by molar-refractivity contribution is 0.102. The molecule has 1 fully saturated rings. The number of nitrogens with zero attached hydrogens (tertiary/aromatic N) is 5. The van der Waals surface area contributed by atoms with E-state index < -0.39 is 0 Å². The average Bonchev–Trinajstić information content (AvgIpc) is 3.24. The van der Waals surface area contributed by atoms with Crippen molar-refractivity contribution in [1.82, 2.24) is 25.0 Å². The van der Waals surface area contributed by atoms with Crippen LogP contribution < -0.4 is 5.32 Å². The predicted octanol–water partition coefficient (Wildman–Crippen LogP) is 4.27. The zero-order valence-electron chi connectivity index (χ0n) is 15.4. The zero-order valence-corrected chi connectivity index (χ0v) is 17.1. The van der Waals surface area contributed by atoms with E-state index in [1.165, 1.54) is 35.6 Å². The maximum atomic E-state index is 13.0. The Hall–Kier alpha value is -2.33. The van der Waals surface area contributed by atoms with Crippen LogP contribution in [0.2, 0.25) is 0 Å². The number of rotatable bonds is 7. The fraction of sp³-hybridized carbons (Fsp3) is 0.389. The van der Waals surface area contributed by atoms with Crippen molar-refractivity contribution in [3.8, 4) is 0 Å². The van der Waals surface area contributed by atoms with Crippen molar-refractivity contribution in [2.45, 2.75) is 49.6 Å². The van der Waals surface area contributed by atoms with Gasteiger partial charge in [0.25, 0.3) is 5.91 Å². The molecular formula is C18H19FN6OS2. The van der Waals surface area contributed by atoms with Crippen molar-refractivity contribution in [3.05, 3.63) is 45.9 Å². The maximum Gasteiger partial charge on any atom is 0.286 e. The first kappa shape index (κ1) is 19.0. The fourth-order valence-corrected chi connectivity index (χ4v) is 4.44. The van der Waals surface area contributed by atoms with Crippen molar-refractivity contribution >= 4 is 34.7 Å². The van der Waals surface area contributed by atoms with Gasteiger partial charge in [-0.05, 0) is 37.1 Å². The Balaban J connectivity index is 1.40. The highest BCUT2D eigenvalue weighted by molar-refractivity contribution is 7.98. The van der Waals surface area contributed by atoms with Crippen LogP contribution in [-0.4, -0.2) is 30.9 Å². The molecular weight excluding hydrogens is 399 g/mol. The number of nitrogens with one attached hydrogen (secondary N) is 1. The molecule has 146 valence electrons. The van der Waals surface area contributed by atoms with E-state index in [9.17, 15) is 9.18 Å². The van der Waals surface area contributed by atoms with Gasteiger partial charge in [-0.1, -0.05) is 36.9 Å². The van der Waals surface area contributed by atoms with Crippen LogP contribution in [0.15, 0.2) is 29.4 Å². The molecule has 1 aliphatic carbocycles. The van der Waals surface area contributed by atoms with Gasteiger partial charge in [-0.15, -0.1) is 20.4 Å². The summed E-state index contributed by atoms with van der Waals surface area (Å²) >= 11 is 2.80. The average molecular weight is 419 g/mol. The molecule has 0 saturated heterocycles. The van der Waals surface area contributed by atoms with Crippen LogP contribution >= 0.6 is 23.1 Å². The summed E-state index contributed by atoms with van der Waals surface area (Å²) in [5.41, 5.74) is 0.510. The summed E-state index contributed by atoms with van der Waals surface area (Å²) in [7, 11) is 0. The Morgan fingerprint density at radius 1 is 1.25 bits per heavy atom. The van der Waals surface area contributed by atoms with Crippen molar-refractivity contribution in [2.24, 2.45) is 0 Å². The van der Waals surface area contributed by atoms with E-state index in [4.69, 9.17) is 0 Å².